The van der Waals surface area contributed by atoms with E-state index in [1.54, 1.807) is 0 Å². The Morgan fingerprint density at radius 1 is 1.12 bits per heavy atom. The molecule has 0 bridgehead atoms. The third-order valence-corrected chi connectivity index (χ3v) is 2.36. The molecule has 0 spiro atoms. The van der Waals surface area contributed by atoms with E-state index in [1.807, 2.05) is 0 Å². The summed E-state index contributed by atoms with van der Waals surface area (Å²) in [6, 6.07) is 1.50. The maximum absolute atomic E-state index is 13.4. The van der Waals surface area contributed by atoms with Gasteiger partial charge in [0, 0.05) is 17.5 Å². The van der Waals surface area contributed by atoms with Crippen LogP contribution in [-0.2, 0) is 19.0 Å². The number of benzene rings is 1. The predicted molar refractivity (Wildman–Crippen MR) is 48.5 cm³/mol. The van der Waals surface area contributed by atoms with Crippen molar-refractivity contribution in [1.29, 1.82) is 0 Å². The smallest absolute Gasteiger partial charge is 0.422 e. The van der Waals surface area contributed by atoms with Gasteiger partial charge in [0.15, 0.2) is 0 Å². The van der Waals surface area contributed by atoms with Crippen LogP contribution in [0.5, 0.6) is 0 Å². The van der Waals surface area contributed by atoms with Crippen molar-refractivity contribution in [1.82, 2.24) is 4.31 Å². The fourth-order valence-corrected chi connectivity index (χ4v) is 1.48. The maximum Gasteiger partial charge on any atom is 0.422 e. The summed E-state index contributed by atoms with van der Waals surface area (Å²) >= 11 is 4.56. The van der Waals surface area contributed by atoms with E-state index in [1.165, 1.54) is 6.20 Å². The van der Waals surface area contributed by atoms with Crippen LogP contribution in [0.25, 0.3) is 5.70 Å². The molecule has 0 fully saturated rings. The van der Waals surface area contributed by atoms with Gasteiger partial charge in [0.05, 0.1) is 0 Å². The Kier molecular flexibility index (Phi) is 2.37. The number of alkyl halides is 3. The van der Waals surface area contributed by atoms with Crippen LogP contribution in [0.4, 0.5) is 22.0 Å². The van der Waals surface area contributed by atoms with Crippen LogP contribution in [-0.4, -0.2) is 4.31 Å². The zero-order valence-electron chi connectivity index (χ0n) is 7.48. The Morgan fingerprint density at radius 3 is 2.12 bits per heavy atom. The van der Waals surface area contributed by atoms with E-state index in [-0.39, 0.29) is 11.3 Å². The van der Waals surface area contributed by atoms with Crippen molar-refractivity contribution in [3.05, 3.63) is 41.1 Å². The molecule has 0 unspecified atom stereocenters. The Labute approximate surface area is 92.7 Å². The first-order valence-corrected chi connectivity index (χ1v) is 4.42. The van der Waals surface area contributed by atoms with Crippen molar-refractivity contribution < 1.29 is 22.0 Å². The molecule has 1 nitrogen and oxygen atoms in total. The van der Waals surface area contributed by atoms with Gasteiger partial charge in [-0.2, -0.15) is 13.2 Å². The summed E-state index contributed by atoms with van der Waals surface area (Å²) in [6.45, 7) is 0. The molecule has 86 valence electrons. The second kappa shape index (κ2) is 3.38. The number of halogens is 5. The standard InChI is InChI=1S/C9H3F5NS/c10-5-2-1-4(6-3-15(6)16)8(11)7(5)9(12,13)14/h1-3H/q-1. The van der Waals surface area contributed by atoms with Gasteiger partial charge >= 0.3 is 6.18 Å². The molecular formula is C9H3F5NS-. The second-order valence-corrected chi connectivity index (χ2v) is 3.52. The number of nitrogens with zero attached hydrogens (tertiary/aromatic N) is 1. The first-order valence-electron chi connectivity index (χ1n) is 4.06. The topological polar surface area (TPSA) is 3.01 Å². The fourth-order valence-electron chi connectivity index (χ4n) is 1.28. The molecule has 1 aliphatic rings. The first-order chi connectivity index (χ1) is 7.32. The molecule has 0 aromatic heterocycles. The van der Waals surface area contributed by atoms with E-state index in [4.69, 9.17) is 0 Å². The summed E-state index contributed by atoms with van der Waals surface area (Å²) in [5.41, 5.74) is -2.09. The summed E-state index contributed by atoms with van der Waals surface area (Å²) in [5.74, 6) is -3.27. The summed E-state index contributed by atoms with van der Waals surface area (Å²) in [4.78, 5) is 0. The lowest BCUT2D eigenvalue weighted by Gasteiger charge is -2.14. The highest BCUT2D eigenvalue weighted by atomic mass is 32.1. The first kappa shape index (κ1) is 11.3. The molecule has 0 aliphatic carbocycles. The van der Waals surface area contributed by atoms with Crippen LogP contribution in [0.1, 0.15) is 11.1 Å². The lowest BCUT2D eigenvalue weighted by Crippen LogP contribution is -2.12. The second-order valence-electron chi connectivity index (χ2n) is 3.12. The van der Waals surface area contributed by atoms with Crippen molar-refractivity contribution in [3.8, 4) is 0 Å². The molecule has 7 heteroatoms. The van der Waals surface area contributed by atoms with Gasteiger partial charge in [-0.15, -0.1) is 0 Å². The van der Waals surface area contributed by atoms with Crippen molar-refractivity contribution in [2.75, 3.05) is 0 Å². The normalized spacial score (nSPS) is 15.1. The van der Waals surface area contributed by atoms with Gasteiger partial charge in [-0.05, 0) is 12.1 Å². The maximum atomic E-state index is 13.4. The van der Waals surface area contributed by atoms with Gasteiger partial charge in [-0.3, -0.25) is 0 Å². The van der Waals surface area contributed by atoms with Gasteiger partial charge in [-0.1, -0.05) is 0 Å². The molecule has 0 saturated carbocycles. The fraction of sp³-hybridized carbons (Fsp3) is 0.111. The molecule has 1 heterocycles. The number of rotatable bonds is 1. The average Bonchev–Trinajstić information content (AvgIpc) is 2.80. The zero-order valence-corrected chi connectivity index (χ0v) is 8.29. The average molecular weight is 252 g/mol. The Hall–Kier alpha value is -1.24. The Bertz CT molecular complexity index is 480. The molecule has 0 radical (unpaired) electrons. The minimum Gasteiger partial charge on any atom is -0.661 e. The molecule has 2 rings (SSSR count). The van der Waals surface area contributed by atoms with Gasteiger partial charge in [0.25, 0.3) is 0 Å². The highest BCUT2D eigenvalue weighted by molar-refractivity contribution is 7.57. The van der Waals surface area contributed by atoms with Crippen LogP contribution < -0.4 is 0 Å². The lowest BCUT2D eigenvalue weighted by atomic mass is 10.1. The molecule has 1 aromatic rings. The Morgan fingerprint density at radius 2 is 1.69 bits per heavy atom. The van der Waals surface area contributed by atoms with Crippen LogP contribution in [0.2, 0.25) is 0 Å². The van der Waals surface area contributed by atoms with E-state index >= 15 is 0 Å². The molecule has 1 aliphatic heterocycles. The molecule has 0 atom stereocenters. The van der Waals surface area contributed by atoms with Gasteiger partial charge < -0.3 is 17.1 Å². The zero-order chi connectivity index (χ0) is 12.1. The number of hydrogen-bond acceptors (Lipinski definition) is 2. The highest BCUT2D eigenvalue weighted by Crippen LogP contribution is 2.39. The molecular weight excluding hydrogens is 249 g/mol. The van der Waals surface area contributed by atoms with E-state index in [0.29, 0.717) is 6.07 Å². The summed E-state index contributed by atoms with van der Waals surface area (Å²) in [7, 11) is 0. The number of hydrogen-bond donors (Lipinski definition) is 0. The van der Waals surface area contributed by atoms with Gasteiger partial charge in [0.2, 0.25) is 0 Å². The van der Waals surface area contributed by atoms with E-state index in [2.05, 4.69) is 12.8 Å². The van der Waals surface area contributed by atoms with Crippen molar-refractivity contribution >= 4 is 18.5 Å². The SMILES string of the molecule is Fc1ccc(C2=CN2[S-])c(F)c1C(F)(F)F. The lowest BCUT2D eigenvalue weighted by molar-refractivity contribution is -0.142. The van der Waals surface area contributed by atoms with Crippen LogP contribution in [0.15, 0.2) is 18.3 Å². The largest absolute Gasteiger partial charge is 0.661 e. The summed E-state index contributed by atoms with van der Waals surface area (Å²) in [5, 5.41) is 0. The van der Waals surface area contributed by atoms with E-state index in [9.17, 15) is 22.0 Å². The molecule has 16 heavy (non-hydrogen) atoms. The Balaban J connectivity index is 2.57. The van der Waals surface area contributed by atoms with Crippen molar-refractivity contribution in [2.45, 2.75) is 6.18 Å². The molecule has 0 saturated heterocycles. The molecule has 0 amide bonds. The minimum atomic E-state index is -5.06. The van der Waals surface area contributed by atoms with Crippen molar-refractivity contribution in [3.63, 3.8) is 0 Å². The van der Waals surface area contributed by atoms with E-state index in [0.717, 1.165) is 10.4 Å². The van der Waals surface area contributed by atoms with E-state index < -0.39 is 23.4 Å². The summed E-state index contributed by atoms with van der Waals surface area (Å²) in [6.07, 6.45) is -3.79. The third kappa shape index (κ3) is 1.75. The van der Waals surface area contributed by atoms with Crippen LogP contribution in [0.3, 0.4) is 0 Å². The molecule has 0 N–H and O–H groups in total. The third-order valence-electron chi connectivity index (χ3n) is 2.06. The summed E-state index contributed by atoms with van der Waals surface area (Å²) < 4.78 is 64.3. The highest BCUT2D eigenvalue weighted by Gasteiger charge is 2.39. The molecule has 1 aromatic carbocycles. The van der Waals surface area contributed by atoms with Crippen LogP contribution in [0, 0.1) is 11.6 Å². The van der Waals surface area contributed by atoms with Crippen LogP contribution >= 0.6 is 0 Å². The quantitative estimate of drug-likeness (QED) is 0.558. The van der Waals surface area contributed by atoms with Gasteiger partial charge in [0.1, 0.15) is 17.2 Å². The van der Waals surface area contributed by atoms with Gasteiger partial charge in [-0.25, -0.2) is 8.78 Å². The monoisotopic (exact) mass is 252 g/mol. The minimum absolute atomic E-state index is 0.137. The van der Waals surface area contributed by atoms with Crippen molar-refractivity contribution in [2.24, 2.45) is 0 Å². The predicted octanol–water partition coefficient (Wildman–Crippen LogP) is 3.06.